The second-order valence-electron chi connectivity index (χ2n) is 6.73. The summed E-state index contributed by atoms with van der Waals surface area (Å²) in [6, 6.07) is 20.0. The Hall–Kier alpha value is -1.64. The Labute approximate surface area is 134 Å². The summed E-state index contributed by atoms with van der Waals surface area (Å²) < 4.78 is 0. The van der Waals surface area contributed by atoms with Crippen LogP contribution in [0.5, 0.6) is 0 Å². The summed E-state index contributed by atoms with van der Waals surface area (Å²) in [5, 5.41) is 0. The highest BCUT2D eigenvalue weighted by molar-refractivity contribution is 5.21. The van der Waals surface area contributed by atoms with Crippen molar-refractivity contribution in [2.45, 2.75) is 32.4 Å². The van der Waals surface area contributed by atoms with Gasteiger partial charge in [0.05, 0.1) is 0 Å². The second-order valence-corrected chi connectivity index (χ2v) is 6.73. The Balaban J connectivity index is 1.62. The van der Waals surface area contributed by atoms with Crippen LogP contribution in [0.1, 0.15) is 23.1 Å². The number of nitrogens with two attached hydrogens (primary N) is 1. The molecule has 0 radical (unpaired) electrons. The van der Waals surface area contributed by atoms with Gasteiger partial charge in [-0.15, -0.1) is 0 Å². The molecule has 0 amide bonds. The van der Waals surface area contributed by atoms with E-state index in [-0.39, 0.29) is 0 Å². The molecule has 1 saturated heterocycles. The molecule has 2 unspecified atom stereocenters. The lowest BCUT2D eigenvalue weighted by Crippen LogP contribution is -2.47. The van der Waals surface area contributed by atoms with Crippen molar-refractivity contribution in [3.8, 4) is 0 Å². The van der Waals surface area contributed by atoms with E-state index in [4.69, 9.17) is 5.73 Å². The van der Waals surface area contributed by atoms with E-state index in [0.29, 0.717) is 12.0 Å². The molecule has 2 aromatic rings. The number of hydrogen-bond acceptors (Lipinski definition) is 2. The van der Waals surface area contributed by atoms with Crippen LogP contribution >= 0.6 is 0 Å². The molecule has 0 aliphatic carbocycles. The van der Waals surface area contributed by atoms with Crippen LogP contribution in [0, 0.1) is 12.8 Å². The quantitative estimate of drug-likeness (QED) is 0.936. The Kier molecular flexibility index (Phi) is 4.91. The van der Waals surface area contributed by atoms with E-state index in [0.717, 1.165) is 32.5 Å². The van der Waals surface area contributed by atoms with Crippen molar-refractivity contribution in [2.75, 3.05) is 13.1 Å². The number of benzene rings is 2. The Morgan fingerprint density at radius 3 is 2.41 bits per heavy atom. The summed E-state index contributed by atoms with van der Waals surface area (Å²) >= 11 is 0. The number of aryl methyl sites for hydroxylation is 1. The predicted octanol–water partition coefficient (Wildman–Crippen LogP) is 3.39. The molecule has 116 valence electrons. The average Bonchev–Trinajstić information content (AvgIpc) is 2.50. The van der Waals surface area contributed by atoms with Gasteiger partial charge < -0.3 is 5.73 Å². The molecule has 2 N–H and O–H groups in total. The van der Waals surface area contributed by atoms with Gasteiger partial charge >= 0.3 is 0 Å². The minimum atomic E-state index is 0.299. The molecule has 2 aromatic carbocycles. The standard InChI is InChI=1S/C20H26N2/c1-16-7-9-18(10-8-16)13-22-14-19(12-20(21)15-22)11-17-5-3-2-4-6-17/h2-10,19-20H,11-15,21H2,1H3. The monoisotopic (exact) mass is 294 g/mol. The fraction of sp³-hybridized carbons (Fsp3) is 0.400. The molecule has 3 rings (SSSR count). The molecule has 0 bridgehead atoms. The third-order valence-electron chi connectivity index (χ3n) is 4.54. The van der Waals surface area contributed by atoms with Crippen molar-refractivity contribution >= 4 is 0 Å². The van der Waals surface area contributed by atoms with Gasteiger partial charge in [0.25, 0.3) is 0 Å². The van der Waals surface area contributed by atoms with Gasteiger partial charge in [0.15, 0.2) is 0 Å². The van der Waals surface area contributed by atoms with Gasteiger partial charge in [-0.3, -0.25) is 4.90 Å². The van der Waals surface area contributed by atoms with Crippen molar-refractivity contribution < 1.29 is 0 Å². The minimum Gasteiger partial charge on any atom is -0.327 e. The number of piperidine rings is 1. The SMILES string of the molecule is Cc1ccc(CN2CC(N)CC(Cc3ccccc3)C2)cc1. The largest absolute Gasteiger partial charge is 0.327 e. The van der Waals surface area contributed by atoms with Crippen LogP contribution in [-0.2, 0) is 13.0 Å². The van der Waals surface area contributed by atoms with E-state index >= 15 is 0 Å². The molecule has 0 aromatic heterocycles. The fourth-order valence-electron chi connectivity index (χ4n) is 3.52. The molecule has 2 nitrogen and oxygen atoms in total. The van der Waals surface area contributed by atoms with Gasteiger partial charge in [-0.25, -0.2) is 0 Å². The predicted molar refractivity (Wildman–Crippen MR) is 92.7 cm³/mol. The second kappa shape index (κ2) is 7.08. The molecule has 2 atom stereocenters. The Morgan fingerprint density at radius 2 is 1.68 bits per heavy atom. The van der Waals surface area contributed by atoms with Gasteiger partial charge in [-0.05, 0) is 36.8 Å². The van der Waals surface area contributed by atoms with Crippen molar-refractivity contribution in [1.82, 2.24) is 4.90 Å². The molecule has 0 spiro atoms. The molecular weight excluding hydrogens is 268 g/mol. The number of likely N-dealkylation sites (tertiary alicyclic amines) is 1. The zero-order chi connectivity index (χ0) is 15.4. The first kappa shape index (κ1) is 15.3. The molecule has 1 heterocycles. The van der Waals surface area contributed by atoms with E-state index in [1.807, 2.05) is 0 Å². The Bertz CT molecular complexity index is 576. The summed E-state index contributed by atoms with van der Waals surface area (Å²) in [6.45, 7) is 5.31. The maximum absolute atomic E-state index is 6.31. The lowest BCUT2D eigenvalue weighted by molar-refractivity contribution is 0.149. The first-order valence-corrected chi connectivity index (χ1v) is 8.26. The van der Waals surface area contributed by atoms with E-state index in [2.05, 4.69) is 66.4 Å². The maximum Gasteiger partial charge on any atom is 0.0234 e. The highest BCUT2D eigenvalue weighted by Gasteiger charge is 2.25. The van der Waals surface area contributed by atoms with Gasteiger partial charge in [0.1, 0.15) is 0 Å². The molecule has 1 aliphatic heterocycles. The zero-order valence-corrected chi connectivity index (χ0v) is 13.4. The molecule has 1 aliphatic rings. The van der Waals surface area contributed by atoms with Crippen LogP contribution in [0.2, 0.25) is 0 Å². The summed E-state index contributed by atoms with van der Waals surface area (Å²) in [5.41, 5.74) is 10.4. The van der Waals surface area contributed by atoms with E-state index in [1.165, 1.54) is 16.7 Å². The number of hydrogen-bond donors (Lipinski definition) is 1. The number of rotatable bonds is 4. The van der Waals surface area contributed by atoms with Crippen LogP contribution < -0.4 is 5.73 Å². The molecule has 0 saturated carbocycles. The van der Waals surface area contributed by atoms with E-state index < -0.39 is 0 Å². The summed E-state index contributed by atoms with van der Waals surface area (Å²) in [7, 11) is 0. The third-order valence-corrected chi connectivity index (χ3v) is 4.54. The molecule has 22 heavy (non-hydrogen) atoms. The topological polar surface area (TPSA) is 29.3 Å². The van der Waals surface area contributed by atoms with Crippen LogP contribution in [0.25, 0.3) is 0 Å². The lowest BCUT2D eigenvalue weighted by atomic mass is 9.89. The van der Waals surface area contributed by atoms with Crippen molar-refractivity contribution in [3.05, 3.63) is 71.3 Å². The Morgan fingerprint density at radius 1 is 0.955 bits per heavy atom. The highest BCUT2D eigenvalue weighted by Crippen LogP contribution is 2.22. The summed E-state index contributed by atoms with van der Waals surface area (Å²) in [4.78, 5) is 2.52. The molecule has 1 fully saturated rings. The number of nitrogens with zero attached hydrogens (tertiary/aromatic N) is 1. The first-order chi connectivity index (χ1) is 10.7. The van der Waals surface area contributed by atoms with Crippen LogP contribution in [-0.4, -0.2) is 24.0 Å². The van der Waals surface area contributed by atoms with Gasteiger partial charge in [0, 0.05) is 25.7 Å². The minimum absolute atomic E-state index is 0.299. The van der Waals surface area contributed by atoms with Gasteiger partial charge in [-0.2, -0.15) is 0 Å². The zero-order valence-electron chi connectivity index (χ0n) is 13.4. The smallest absolute Gasteiger partial charge is 0.0234 e. The highest BCUT2D eigenvalue weighted by atomic mass is 15.1. The van der Waals surface area contributed by atoms with Crippen LogP contribution in [0.15, 0.2) is 54.6 Å². The van der Waals surface area contributed by atoms with E-state index in [9.17, 15) is 0 Å². The molecular formula is C20H26N2. The first-order valence-electron chi connectivity index (χ1n) is 8.26. The molecule has 2 heteroatoms. The van der Waals surface area contributed by atoms with Crippen molar-refractivity contribution in [1.29, 1.82) is 0 Å². The summed E-state index contributed by atoms with van der Waals surface area (Å²) in [5.74, 6) is 0.664. The lowest BCUT2D eigenvalue weighted by Gasteiger charge is -2.36. The maximum atomic E-state index is 6.31. The third kappa shape index (κ3) is 4.19. The average molecular weight is 294 g/mol. The van der Waals surface area contributed by atoms with Crippen LogP contribution in [0.4, 0.5) is 0 Å². The van der Waals surface area contributed by atoms with Crippen molar-refractivity contribution in [2.24, 2.45) is 11.7 Å². The normalized spacial score (nSPS) is 22.6. The van der Waals surface area contributed by atoms with Gasteiger partial charge in [-0.1, -0.05) is 60.2 Å². The fourth-order valence-corrected chi connectivity index (χ4v) is 3.52. The van der Waals surface area contributed by atoms with Crippen molar-refractivity contribution in [3.63, 3.8) is 0 Å². The van der Waals surface area contributed by atoms with Gasteiger partial charge in [0.2, 0.25) is 0 Å². The van der Waals surface area contributed by atoms with Crippen LogP contribution in [0.3, 0.4) is 0 Å². The summed E-state index contributed by atoms with van der Waals surface area (Å²) in [6.07, 6.45) is 2.28. The van der Waals surface area contributed by atoms with E-state index in [1.54, 1.807) is 0 Å².